The number of carbonyl (C=O) groups excluding carboxylic acids is 1. The van der Waals surface area contributed by atoms with Crippen LogP contribution in [0.4, 0.5) is 14.5 Å². The summed E-state index contributed by atoms with van der Waals surface area (Å²) in [6.45, 7) is 2.55. The fourth-order valence-electron chi connectivity index (χ4n) is 5.72. The highest BCUT2D eigenvalue weighted by Crippen LogP contribution is 2.38. The quantitative estimate of drug-likeness (QED) is 0.201. The maximum atomic E-state index is 14.1. The summed E-state index contributed by atoms with van der Waals surface area (Å²) in [7, 11) is 0. The normalized spacial score (nSPS) is 16.8. The third-order valence-corrected chi connectivity index (χ3v) is 8.31. The number of fused-ring (bicyclic) bond motifs is 4. The molecule has 1 aromatic carbocycles. The van der Waals surface area contributed by atoms with Gasteiger partial charge in [0, 0.05) is 39.9 Å². The van der Waals surface area contributed by atoms with Crippen LogP contribution in [0.3, 0.4) is 0 Å². The molecule has 1 aliphatic heterocycles. The molecule has 0 fully saturated rings. The molecule has 15 heteroatoms. The lowest BCUT2D eigenvalue weighted by atomic mass is 9.96. The zero-order valence-electron chi connectivity index (χ0n) is 25.6. The van der Waals surface area contributed by atoms with Crippen LogP contribution in [0.1, 0.15) is 58.3 Å². The van der Waals surface area contributed by atoms with Crippen LogP contribution in [0, 0.1) is 5.92 Å². The number of carbonyl (C=O) groups is 1. The maximum absolute atomic E-state index is 14.1. The van der Waals surface area contributed by atoms with E-state index in [-0.39, 0.29) is 34.1 Å². The molecule has 5 aromatic rings. The van der Waals surface area contributed by atoms with Crippen LogP contribution in [-0.4, -0.2) is 46.3 Å². The number of pyridine rings is 2. The second-order valence-electron chi connectivity index (χ2n) is 11.5. The van der Waals surface area contributed by atoms with E-state index in [2.05, 4.69) is 25.7 Å². The highest BCUT2D eigenvalue weighted by Gasteiger charge is 2.27. The van der Waals surface area contributed by atoms with Crippen molar-refractivity contribution in [2.24, 2.45) is 5.92 Å². The van der Waals surface area contributed by atoms with E-state index < -0.39 is 18.5 Å². The van der Waals surface area contributed by atoms with Gasteiger partial charge in [-0.25, -0.2) is 9.36 Å². The van der Waals surface area contributed by atoms with Gasteiger partial charge in [-0.2, -0.15) is 13.9 Å². The molecule has 2 atom stereocenters. The number of nitrogens with zero attached hydrogens (tertiary/aromatic N) is 7. The van der Waals surface area contributed by atoms with Gasteiger partial charge >= 0.3 is 6.55 Å². The van der Waals surface area contributed by atoms with Crippen molar-refractivity contribution < 1.29 is 18.3 Å². The van der Waals surface area contributed by atoms with Gasteiger partial charge in [0.05, 0.1) is 53.5 Å². The second-order valence-corrected chi connectivity index (χ2v) is 12.4. The molecule has 1 amide bonds. The van der Waals surface area contributed by atoms with Crippen molar-refractivity contribution in [1.29, 1.82) is 0 Å². The highest BCUT2D eigenvalue weighted by atomic mass is 35.5. The molecule has 47 heavy (non-hydrogen) atoms. The lowest BCUT2D eigenvalue weighted by Crippen LogP contribution is -2.27. The van der Waals surface area contributed by atoms with Crippen LogP contribution in [0.25, 0.3) is 28.1 Å². The van der Waals surface area contributed by atoms with Gasteiger partial charge in [-0.1, -0.05) is 41.8 Å². The Morgan fingerprint density at radius 1 is 1.04 bits per heavy atom. The summed E-state index contributed by atoms with van der Waals surface area (Å²) in [6.07, 6.45) is 7.08. The average molecular weight is 684 g/mol. The average Bonchev–Trinajstić information content (AvgIpc) is 3.65. The second kappa shape index (κ2) is 13.2. The van der Waals surface area contributed by atoms with Gasteiger partial charge in [-0.15, -0.1) is 5.10 Å². The van der Waals surface area contributed by atoms with E-state index in [0.717, 1.165) is 0 Å². The summed E-state index contributed by atoms with van der Waals surface area (Å²) in [5.74, 6) is -0.358. The number of nitrogens with one attached hydrogen (secondary N) is 1. The molecule has 1 N–H and O–H groups in total. The molecule has 0 saturated carbocycles. The van der Waals surface area contributed by atoms with Crippen LogP contribution in [0.2, 0.25) is 10.2 Å². The zero-order valence-corrected chi connectivity index (χ0v) is 27.1. The Hall–Kier alpha value is -4.62. The van der Waals surface area contributed by atoms with E-state index in [4.69, 9.17) is 27.9 Å². The number of halogens is 4. The number of aromatic nitrogens is 7. The van der Waals surface area contributed by atoms with E-state index in [9.17, 15) is 18.4 Å². The van der Waals surface area contributed by atoms with Gasteiger partial charge in [-0.05, 0) is 57.0 Å². The van der Waals surface area contributed by atoms with Gasteiger partial charge in [-0.3, -0.25) is 14.6 Å². The first-order valence-electron chi connectivity index (χ1n) is 14.9. The molecule has 1 aliphatic rings. The third kappa shape index (κ3) is 6.63. The molecule has 4 aromatic heterocycles. The van der Waals surface area contributed by atoms with E-state index in [1.54, 1.807) is 43.5 Å². The molecule has 6 rings (SSSR count). The topological polar surface area (TPSA) is 122 Å². The summed E-state index contributed by atoms with van der Waals surface area (Å²) < 4.78 is 38.0. The Bertz CT molecular complexity index is 2010. The first kappa shape index (κ1) is 32.3. The van der Waals surface area contributed by atoms with Crippen LogP contribution < -0.4 is 15.6 Å². The van der Waals surface area contributed by atoms with Crippen molar-refractivity contribution in [3.05, 3.63) is 87.4 Å². The molecular formula is C32H30Cl2F2N8O3. The predicted octanol–water partition coefficient (Wildman–Crippen LogP) is 7.19. The first-order valence-corrected chi connectivity index (χ1v) is 15.7. The van der Waals surface area contributed by atoms with Crippen LogP contribution in [0.15, 0.2) is 66.0 Å². The monoisotopic (exact) mass is 682 g/mol. The SMILES string of the molecule is CC(C)Oc1cn(C2CCCC(C)C(=O)Nc3cnn(C(F)F)c3-c3ccnc2c3)c(=O)cc1-c1cc(Cl)ccc1-n1cc(Cl)nn1. The minimum atomic E-state index is -2.95. The summed E-state index contributed by atoms with van der Waals surface area (Å²) in [5, 5.41) is 15.2. The zero-order chi connectivity index (χ0) is 33.4. The molecule has 0 aliphatic carbocycles. The molecule has 244 valence electrons. The van der Waals surface area contributed by atoms with Crippen molar-refractivity contribution in [2.45, 2.75) is 58.7 Å². The fraction of sp³-hybridized carbons (Fsp3) is 0.312. The molecule has 11 nitrogen and oxygen atoms in total. The summed E-state index contributed by atoms with van der Waals surface area (Å²) in [5.41, 5.74) is 2.26. The van der Waals surface area contributed by atoms with Gasteiger partial charge < -0.3 is 14.6 Å². The Morgan fingerprint density at radius 3 is 2.57 bits per heavy atom. The molecule has 2 bridgehead atoms. The van der Waals surface area contributed by atoms with Crippen molar-refractivity contribution in [2.75, 3.05) is 5.32 Å². The van der Waals surface area contributed by atoms with E-state index >= 15 is 0 Å². The smallest absolute Gasteiger partial charge is 0.333 e. The van der Waals surface area contributed by atoms with Crippen molar-refractivity contribution in [1.82, 2.24) is 34.3 Å². The largest absolute Gasteiger partial charge is 0.489 e. The number of hydrogen-bond acceptors (Lipinski definition) is 7. The Morgan fingerprint density at radius 2 is 1.85 bits per heavy atom. The Labute approximate surface area is 278 Å². The van der Waals surface area contributed by atoms with Crippen molar-refractivity contribution >= 4 is 34.8 Å². The lowest BCUT2D eigenvalue weighted by Gasteiger charge is -2.24. The summed E-state index contributed by atoms with van der Waals surface area (Å²) >= 11 is 12.5. The van der Waals surface area contributed by atoms with Crippen molar-refractivity contribution in [3.63, 3.8) is 0 Å². The standard InChI is InChI=1S/C32H30Cl2F2N8O3/c1-17(2)47-27-15-42(29(45)13-22(27)21-12-20(33)7-8-25(21)43-16-28(34)40-41-43)26-6-4-5-18(3)31(46)39-24-14-38-44(32(35)36)30(24)19-9-10-37-23(26)11-19/h7-18,26,32H,4-6H2,1-3H3,(H,39,46). The van der Waals surface area contributed by atoms with Crippen LogP contribution in [0.5, 0.6) is 5.75 Å². The van der Waals surface area contributed by atoms with Gasteiger partial charge in [0.2, 0.25) is 5.91 Å². The van der Waals surface area contributed by atoms with Gasteiger partial charge in [0.1, 0.15) is 5.75 Å². The number of alkyl halides is 2. The molecular weight excluding hydrogens is 653 g/mol. The Balaban J connectivity index is 1.53. The fourth-order valence-corrected chi connectivity index (χ4v) is 6.02. The van der Waals surface area contributed by atoms with E-state index in [0.29, 0.717) is 62.8 Å². The third-order valence-electron chi connectivity index (χ3n) is 7.90. The van der Waals surface area contributed by atoms with E-state index in [1.165, 1.54) is 33.9 Å². The number of anilines is 1. The van der Waals surface area contributed by atoms with Crippen LogP contribution in [-0.2, 0) is 4.79 Å². The lowest BCUT2D eigenvalue weighted by molar-refractivity contribution is -0.119. The molecule has 0 spiro atoms. The number of ether oxygens (including phenoxy) is 1. The van der Waals surface area contributed by atoms with Crippen LogP contribution >= 0.6 is 23.2 Å². The van der Waals surface area contributed by atoms with Gasteiger partial charge in [0.15, 0.2) is 5.15 Å². The summed E-state index contributed by atoms with van der Waals surface area (Å²) in [4.78, 5) is 31.7. The number of amides is 1. The molecule has 0 radical (unpaired) electrons. The molecule has 0 saturated heterocycles. The predicted molar refractivity (Wildman–Crippen MR) is 173 cm³/mol. The maximum Gasteiger partial charge on any atom is 0.333 e. The first-order chi connectivity index (χ1) is 22.5. The Kier molecular flexibility index (Phi) is 9.11. The molecule has 2 unspecified atom stereocenters. The minimum absolute atomic E-state index is 0.0387. The summed E-state index contributed by atoms with van der Waals surface area (Å²) in [6, 6.07) is 9.19. The van der Waals surface area contributed by atoms with E-state index in [1.807, 2.05) is 13.8 Å². The van der Waals surface area contributed by atoms with Crippen molar-refractivity contribution in [3.8, 4) is 33.8 Å². The number of benzene rings is 1. The number of hydrogen-bond donors (Lipinski definition) is 1. The molecule has 5 heterocycles. The number of rotatable bonds is 6. The minimum Gasteiger partial charge on any atom is -0.489 e. The highest BCUT2D eigenvalue weighted by molar-refractivity contribution is 6.31. The van der Waals surface area contributed by atoms with Gasteiger partial charge in [0.25, 0.3) is 5.56 Å².